The molecule has 1 aromatic rings. The highest BCUT2D eigenvalue weighted by Crippen LogP contribution is 2.50. The zero-order chi connectivity index (χ0) is 17.0. The molecule has 2 unspecified atom stereocenters. The number of thioether (sulfide) groups is 1. The zero-order valence-corrected chi connectivity index (χ0v) is 15.5. The second kappa shape index (κ2) is 8.06. The fraction of sp³-hybridized carbons (Fsp3) is 0.583. The van der Waals surface area contributed by atoms with Crippen LogP contribution in [0.4, 0.5) is 0 Å². The van der Waals surface area contributed by atoms with E-state index in [2.05, 4.69) is 4.98 Å². The van der Waals surface area contributed by atoms with Crippen molar-refractivity contribution in [2.45, 2.75) is 44.8 Å². The number of aromatic nitrogens is 1. The first kappa shape index (κ1) is 19.8. The number of pyridine rings is 1. The van der Waals surface area contributed by atoms with Crippen LogP contribution in [-0.4, -0.2) is 32.5 Å². The molecule has 0 saturated carbocycles. The Morgan fingerprint density at radius 1 is 1.18 bits per heavy atom. The van der Waals surface area contributed by atoms with E-state index in [1.165, 1.54) is 6.20 Å². The maximum atomic E-state index is 12.2. The third kappa shape index (κ3) is 6.50. The van der Waals surface area contributed by atoms with Crippen molar-refractivity contribution in [1.82, 2.24) is 4.98 Å². The summed E-state index contributed by atoms with van der Waals surface area (Å²) in [6, 6.07) is 3.13. The Balaban J connectivity index is 2.94. The molecule has 0 aliphatic heterocycles. The van der Waals surface area contributed by atoms with Gasteiger partial charge in [-0.15, -0.1) is 11.8 Å². The van der Waals surface area contributed by atoms with Gasteiger partial charge in [-0.1, -0.05) is 0 Å². The monoisotopic (exact) mass is 369 g/mol. The van der Waals surface area contributed by atoms with Gasteiger partial charge < -0.3 is 18.8 Å². The Labute approximate surface area is 134 Å². The van der Waals surface area contributed by atoms with E-state index in [4.69, 9.17) is 9.05 Å². The van der Waals surface area contributed by atoms with E-state index < -0.39 is 27.4 Å². The maximum Gasteiger partial charge on any atom is 0.378 e. The first-order valence-corrected chi connectivity index (χ1v) is 11.0. The number of rotatable bonds is 8. The summed E-state index contributed by atoms with van der Waals surface area (Å²) < 4.78 is 34.1. The van der Waals surface area contributed by atoms with Gasteiger partial charge in [-0.25, -0.2) is 4.98 Å². The summed E-state index contributed by atoms with van der Waals surface area (Å²) in [5.41, 5.74) is -0.371. The van der Waals surface area contributed by atoms with Gasteiger partial charge in [0.05, 0.1) is 12.2 Å². The van der Waals surface area contributed by atoms with Crippen molar-refractivity contribution in [2.75, 3.05) is 5.49 Å². The minimum absolute atomic E-state index is 0.127. The van der Waals surface area contributed by atoms with Gasteiger partial charge in [-0.05, 0) is 39.8 Å². The van der Waals surface area contributed by atoms with E-state index in [-0.39, 0.29) is 10.9 Å². The van der Waals surface area contributed by atoms with Gasteiger partial charge in [0.25, 0.3) is 0 Å². The zero-order valence-electron chi connectivity index (χ0n) is 12.9. The van der Waals surface area contributed by atoms with Crippen LogP contribution in [-0.2, 0) is 18.2 Å². The SMILES string of the molecule is CC(C)OP(=O)(O)CSc1cccnc1P(=O)(O)OC(C)C. The van der Waals surface area contributed by atoms with Gasteiger partial charge in [0, 0.05) is 11.1 Å². The molecule has 0 fully saturated rings. The number of hydrogen-bond acceptors (Lipinski definition) is 6. The largest absolute Gasteiger partial charge is 0.378 e. The van der Waals surface area contributed by atoms with Crippen molar-refractivity contribution < 1.29 is 28.0 Å². The molecule has 0 aliphatic carbocycles. The minimum atomic E-state index is -4.09. The summed E-state index contributed by atoms with van der Waals surface area (Å²) in [7, 11) is -7.88. The molecule has 0 amide bonds. The third-order valence-electron chi connectivity index (χ3n) is 2.13. The molecule has 10 heteroatoms. The molecule has 1 heterocycles. The highest BCUT2D eigenvalue weighted by molar-refractivity contribution is 8.04. The van der Waals surface area contributed by atoms with Crippen LogP contribution in [0.3, 0.4) is 0 Å². The first-order chi connectivity index (χ1) is 10.0. The molecule has 22 heavy (non-hydrogen) atoms. The van der Waals surface area contributed by atoms with E-state index >= 15 is 0 Å². The molecule has 0 aliphatic rings. The molecule has 0 radical (unpaired) electrons. The Hall–Kier alpha value is -0.200. The smallest absolute Gasteiger partial charge is 0.324 e. The van der Waals surface area contributed by atoms with Gasteiger partial charge in [-0.3, -0.25) is 9.13 Å². The van der Waals surface area contributed by atoms with Crippen LogP contribution in [0.15, 0.2) is 23.2 Å². The highest BCUT2D eigenvalue weighted by Gasteiger charge is 2.31. The van der Waals surface area contributed by atoms with Gasteiger partial charge >= 0.3 is 15.2 Å². The van der Waals surface area contributed by atoms with Crippen LogP contribution in [0.1, 0.15) is 27.7 Å². The van der Waals surface area contributed by atoms with Crippen molar-refractivity contribution in [1.29, 1.82) is 0 Å². The Kier molecular flexibility index (Phi) is 7.27. The first-order valence-electron chi connectivity index (χ1n) is 6.63. The normalized spacial score (nSPS) is 17.5. The van der Waals surface area contributed by atoms with Gasteiger partial charge in [0.15, 0.2) is 5.44 Å². The van der Waals surface area contributed by atoms with Crippen molar-refractivity contribution in [3.8, 4) is 0 Å². The second-order valence-corrected chi connectivity index (χ2v) is 9.99. The van der Waals surface area contributed by atoms with Crippen molar-refractivity contribution in [2.24, 2.45) is 0 Å². The lowest BCUT2D eigenvalue weighted by Crippen LogP contribution is -2.16. The Morgan fingerprint density at radius 2 is 1.77 bits per heavy atom. The average Bonchev–Trinajstić information content (AvgIpc) is 2.34. The second-order valence-electron chi connectivity index (χ2n) is 5.06. The molecular weight excluding hydrogens is 348 g/mol. The van der Waals surface area contributed by atoms with E-state index in [1.54, 1.807) is 39.8 Å². The lowest BCUT2D eigenvalue weighted by atomic mass is 10.5. The van der Waals surface area contributed by atoms with Gasteiger partial charge in [0.1, 0.15) is 5.49 Å². The minimum Gasteiger partial charge on any atom is -0.324 e. The van der Waals surface area contributed by atoms with E-state index in [1.807, 2.05) is 0 Å². The molecule has 0 saturated heterocycles. The molecule has 126 valence electrons. The van der Waals surface area contributed by atoms with Gasteiger partial charge in [-0.2, -0.15) is 0 Å². The van der Waals surface area contributed by atoms with Crippen molar-refractivity contribution in [3.63, 3.8) is 0 Å². The quantitative estimate of drug-likeness (QED) is 0.532. The summed E-state index contributed by atoms with van der Waals surface area (Å²) in [5.74, 6) is 0. The predicted octanol–water partition coefficient (Wildman–Crippen LogP) is 2.98. The summed E-state index contributed by atoms with van der Waals surface area (Å²) >= 11 is 0.937. The molecule has 2 N–H and O–H groups in total. The molecule has 1 rings (SSSR count). The van der Waals surface area contributed by atoms with Crippen LogP contribution in [0.25, 0.3) is 0 Å². The molecule has 0 aromatic carbocycles. The van der Waals surface area contributed by atoms with Crippen LogP contribution in [0.5, 0.6) is 0 Å². The number of hydrogen-bond donors (Lipinski definition) is 2. The van der Waals surface area contributed by atoms with Crippen LogP contribution in [0, 0.1) is 0 Å². The van der Waals surface area contributed by atoms with Crippen molar-refractivity contribution in [3.05, 3.63) is 18.3 Å². The molecule has 2 atom stereocenters. The van der Waals surface area contributed by atoms with Crippen LogP contribution in [0.2, 0.25) is 0 Å². The Morgan fingerprint density at radius 3 is 2.32 bits per heavy atom. The number of nitrogens with zero attached hydrogens (tertiary/aromatic N) is 1. The molecular formula is C12H21NO6P2S. The fourth-order valence-corrected chi connectivity index (χ4v) is 5.80. The average molecular weight is 369 g/mol. The highest BCUT2D eigenvalue weighted by atomic mass is 32.2. The molecule has 1 aromatic heterocycles. The van der Waals surface area contributed by atoms with E-state index in [9.17, 15) is 18.9 Å². The molecule has 7 nitrogen and oxygen atoms in total. The van der Waals surface area contributed by atoms with Gasteiger partial charge in [0.2, 0.25) is 0 Å². The van der Waals surface area contributed by atoms with Crippen molar-refractivity contribution >= 4 is 32.4 Å². The third-order valence-corrected chi connectivity index (χ3v) is 7.09. The van der Waals surface area contributed by atoms with E-state index in [0.717, 1.165) is 11.8 Å². The predicted molar refractivity (Wildman–Crippen MR) is 86.7 cm³/mol. The topological polar surface area (TPSA) is 106 Å². The summed E-state index contributed by atoms with van der Waals surface area (Å²) in [6.45, 7) is 6.58. The van der Waals surface area contributed by atoms with E-state index in [0.29, 0.717) is 4.90 Å². The fourth-order valence-electron chi connectivity index (χ4n) is 1.55. The van der Waals surface area contributed by atoms with Crippen LogP contribution >= 0.6 is 27.0 Å². The lowest BCUT2D eigenvalue weighted by Gasteiger charge is -2.18. The summed E-state index contributed by atoms with van der Waals surface area (Å²) in [4.78, 5) is 23.9. The maximum absolute atomic E-state index is 12.2. The summed E-state index contributed by atoms with van der Waals surface area (Å²) in [6.07, 6.45) is 0.525. The Bertz CT molecular complexity index is 595. The summed E-state index contributed by atoms with van der Waals surface area (Å²) in [5, 5.41) is 0. The standard InChI is InChI=1S/C12H21NO6P2S/c1-9(2)18-20(14,15)8-22-11-6-5-7-13-12(11)21(16,17)19-10(3)4/h5-7,9-10H,8H2,1-4H3,(H,14,15)(H,16,17). The lowest BCUT2D eigenvalue weighted by molar-refractivity contribution is 0.207. The molecule has 0 spiro atoms. The molecule has 0 bridgehead atoms. The van der Waals surface area contributed by atoms with Crippen LogP contribution < -0.4 is 5.44 Å².